The molecule has 2 atom stereocenters. The molecule has 2 aliphatic rings. The van der Waals surface area contributed by atoms with Crippen LogP contribution in [-0.4, -0.2) is 62.4 Å². The molecule has 138 valence electrons. The number of aromatic nitrogens is 4. The lowest BCUT2D eigenvalue weighted by atomic mass is 10.1. The second-order valence-electron chi connectivity index (χ2n) is 7.21. The fourth-order valence-corrected chi connectivity index (χ4v) is 3.87. The lowest BCUT2D eigenvalue weighted by Gasteiger charge is -2.25. The van der Waals surface area contributed by atoms with Crippen LogP contribution in [-0.2, 0) is 16.6 Å². The Morgan fingerprint density at radius 3 is 2.93 bits per heavy atom. The minimum Gasteiger partial charge on any atom is -0.375 e. The second-order valence-corrected chi connectivity index (χ2v) is 7.21. The van der Waals surface area contributed by atoms with E-state index in [4.69, 9.17) is 4.74 Å². The topological polar surface area (TPSA) is 85.2 Å². The number of likely N-dealkylation sites (tertiary alicyclic amines) is 1. The number of aryl methyl sites for hydroxylation is 1. The molecular formula is C19H20N6O2. The number of rotatable bonds is 4. The molecule has 2 aliphatic heterocycles. The Balaban J connectivity index is 1.33. The molecule has 5 rings (SSSR count). The van der Waals surface area contributed by atoms with Crippen LogP contribution in [0, 0.1) is 0 Å². The van der Waals surface area contributed by atoms with Crippen LogP contribution in [0.3, 0.4) is 0 Å². The minimum atomic E-state index is -0.0502. The molecule has 0 aliphatic carbocycles. The van der Waals surface area contributed by atoms with Gasteiger partial charge in [-0.25, -0.2) is 4.98 Å². The van der Waals surface area contributed by atoms with Crippen molar-refractivity contribution in [2.24, 2.45) is 7.05 Å². The molecule has 0 unspecified atom stereocenters. The Morgan fingerprint density at radius 1 is 1.26 bits per heavy atom. The van der Waals surface area contributed by atoms with Crippen LogP contribution in [0.5, 0.6) is 0 Å². The molecule has 0 saturated carbocycles. The first kappa shape index (κ1) is 16.3. The monoisotopic (exact) mass is 364 g/mol. The van der Waals surface area contributed by atoms with Crippen molar-refractivity contribution >= 4 is 22.6 Å². The molecule has 0 spiro atoms. The van der Waals surface area contributed by atoms with Crippen LogP contribution in [0.4, 0.5) is 5.82 Å². The summed E-state index contributed by atoms with van der Waals surface area (Å²) in [6, 6.07) is 4.27. The molecule has 1 amide bonds. The van der Waals surface area contributed by atoms with E-state index in [-0.39, 0.29) is 5.91 Å². The summed E-state index contributed by atoms with van der Waals surface area (Å²) in [6.45, 7) is 1.94. The summed E-state index contributed by atoms with van der Waals surface area (Å²) in [5, 5.41) is 8.03. The maximum atomic E-state index is 12.4. The van der Waals surface area contributed by atoms with E-state index in [0.717, 1.165) is 41.6 Å². The molecule has 2 saturated heterocycles. The van der Waals surface area contributed by atoms with E-state index in [1.54, 1.807) is 17.1 Å². The Bertz CT molecular complexity index is 1020. The number of nitrogens with one attached hydrogen (secondary N) is 1. The van der Waals surface area contributed by atoms with E-state index in [0.29, 0.717) is 24.5 Å². The molecule has 0 radical (unpaired) electrons. The van der Waals surface area contributed by atoms with Crippen molar-refractivity contribution < 1.29 is 9.53 Å². The third-order valence-corrected chi connectivity index (χ3v) is 5.23. The van der Waals surface area contributed by atoms with Gasteiger partial charge in [-0.1, -0.05) is 0 Å². The van der Waals surface area contributed by atoms with Gasteiger partial charge in [0.05, 0.1) is 37.2 Å². The maximum Gasteiger partial charge on any atom is 0.239 e. The summed E-state index contributed by atoms with van der Waals surface area (Å²) in [7, 11) is 1.88. The van der Waals surface area contributed by atoms with Crippen LogP contribution in [0.1, 0.15) is 6.42 Å². The zero-order valence-corrected chi connectivity index (χ0v) is 15.0. The molecule has 8 nitrogen and oxygen atoms in total. The lowest BCUT2D eigenvalue weighted by Crippen LogP contribution is -2.41. The highest BCUT2D eigenvalue weighted by molar-refractivity contribution is 5.94. The van der Waals surface area contributed by atoms with Crippen molar-refractivity contribution in [1.82, 2.24) is 24.6 Å². The van der Waals surface area contributed by atoms with Gasteiger partial charge < -0.3 is 10.1 Å². The highest BCUT2D eigenvalue weighted by atomic mass is 16.5. The first-order chi connectivity index (χ1) is 13.1. The fourth-order valence-electron chi connectivity index (χ4n) is 3.87. The number of amides is 1. The smallest absolute Gasteiger partial charge is 0.239 e. The minimum absolute atomic E-state index is 0.0502. The van der Waals surface area contributed by atoms with Gasteiger partial charge in [0.2, 0.25) is 5.91 Å². The van der Waals surface area contributed by atoms with E-state index >= 15 is 0 Å². The molecule has 3 aromatic rings. The predicted molar refractivity (Wildman–Crippen MR) is 100 cm³/mol. The second kappa shape index (κ2) is 6.40. The quantitative estimate of drug-likeness (QED) is 0.754. The molecule has 2 bridgehead atoms. The van der Waals surface area contributed by atoms with Gasteiger partial charge in [-0.05, 0) is 18.6 Å². The highest BCUT2D eigenvalue weighted by Gasteiger charge is 2.39. The predicted octanol–water partition coefficient (Wildman–Crippen LogP) is 1.44. The van der Waals surface area contributed by atoms with Crippen molar-refractivity contribution in [2.75, 3.05) is 25.0 Å². The fraction of sp³-hybridized carbons (Fsp3) is 0.368. The molecule has 27 heavy (non-hydrogen) atoms. The summed E-state index contributed by atoms with van der Waals surface area (Å²) in [5.41, 5.74) is 2.77. The molecule has 3 aromatic heterocycles. The number of nitrogens with zero attached hydrogens (tertiary/aromatic N) is 5. The standard InChI is InChI=1S/C19H20N6O2/c1-24-8-14(6-22-24)13-2-12-3-18(21-7-17(12)20-5-13)23-19(26)10-25-9-16-4-15(25)11-27-16/h2-3,5-8,15-16H,4,9-11H2,1H3,(H,21,23,26)/t15-,16-/m0/s1. The number of carbonyl (C=O) groups is 1. The number of morpholine rings is 1. The SMILES string of the molecule is Cn1cc(-c2cnc3cnc(NC(=O)CN4C[C@@H]5C[C@H]4CO5)cc3c2)cn1. The van der Waals surface area contributed by atoms with E-state index in [1.807, 2.05) is 31.6 Å². The Kier molecular flexibility index (Phi) is 3.87. The first-order valence-corrected chi connectivity index (χ1v) is 9.04. The van der Waals surface area contributed by atoms with Crippen molar-refractivity contribution in [2.45, 2.75) is 18.6 Å². The Labute approximate surface area is 156 Å². The van der Waals surface area contributed by atoms with Gasteiger partial charge in [-0.2, -0.15) is 5.10 Å². The first-order valence-electron chi connectivity index (χ1n) is 9.04. The van der Waals surface area contributed by atoms with E-state index in [1.165, 1.54) is 0 Å². The maximum absolute atomic E-state index is 12.4. The molecule has 2 fully saturated rings. The van der Waals surface area contributed by atoms with Gasteiger partial charge in [0.1, 0.15) is 5.82 Å². The Hall–Kier alpha value is -2.84. The molecule has 5 heterocycles. The van der Waals surface area contributed by atoms with E-state index in [2.05, 4.69) is 25.3 Å². The van der Waals surface area contributed by atoms with E-state index in [9.17, 15) is 4.79 Å². The van der Waals surface area contributed by atoms with Gasteiger partial charge in [-0.3, -0.25) is 19.4 Å². The molecule has 1 N–H and O–H groups in total. The number of pyridine rings is 2. The van der Waals surface area contributed by atoms with Crippen molar-refractivity contribution in [3.63, 3.8) is 0 Å². The van der Waals surface area contributed by atoms with Gasteiger partial charge in [0.15, 0.2) is 0 Å². The van der Waals surface area contributed by atoms with Crippen molar-refractivity contribution in [3.05, 3.63) is 36.9 Å². The number of anilines is 1. The van der Waals surface area contributed by atoms with E-state index < -0.39 is 0 Å². The number of fused-ring (bicyclic) bond motifs is 3. The summed E-state index contributed by atoms with van der Waals surface area (Å²) >= 11 is 0. The summed E-state index contributed by atoms with van der Waals surface area (Å²) < 4.78 is 7.34. The average Bonchev–Trinajstić information content (AvgIpc) is 3.38. The summed E-state index contributed by atoms with van der Waals surface area (Å²) in [4.78, 5) is 23.4. The third kappa shape index (κ3) is 3.17. The zero-order valence-electron chi connectivity index (χ0n) is 15.0. The van der Waals surface area contributed by atoms with Gasteiger partial charge in [0, 0.05) is 48.5 Å². The summed E-state index contributed by atoms with van der Waals surface area (Å²) in [5.74, 6) is 0.490. The largest absolute Gasteiger partial charge is 0.375 e. The normalized spacial score (nSPS) is 21.8. The third-order valence-electron chi connectivity index (χ3n) is 5.23. The number of hydrogen-bond donors (Lipinski definition) is 1. The number of ether oxygens (including phenoxy) is 1. The van der Waals surface area contributed by atoms with Gasteiger partial charge in [-0.15, -0.1) is 0 Å². The number of hydrogen-bond acceptors (Lipinski definition) is 6. The molecular weight excluding hydrogens is 344 g/mol. The van der Waals surface area contributed by atoms with Crippen LogP contribution in [0.2, 0.25) is 0 Å². The van der Waals surface area contributed by atoms with Crippen molar-refractivity contribution in [1.29, 1.82) is 0 Å². The molecule has 0 aromatic carbocycles. The Morgan fingerprint density at radius 2 is 2.19 bits per heavy atom. The van der Waals surface area contributed by atoms with Crippen LogP contribution < -0.4 is 5.32 Å². The zero-order chi connectivity index (χ0) is 18.4. The highest BCUT2D eigenvalue weighted by Crippen LogP contribution is 2.27. The van der Waals surface area contributed by atoms with Crippen LogP contribution in [0.15, 0.2) is 36.9 Å². The van der Waals surface area contributed by atoms with Gasteiger partial charge in [0.25, 0.3) is 0 Å². The lowest BCUT2D eigenvalue weighted by molar-refractivity contribution is -0.118. The number of carbonyl (C=O) groups excluding carboxylic acids is 1. The van der Waals surface area contributed by atoms with Crippen LogP contribution >= 0.6 is 0 Å². The summed E-state index contributed by atoms with van der Waals surface area (Å²) in [6.07, 6.45) is 8.57. The van der Waals surface area contributed by atoms with Gasteiger partial charge >= 0.3 is 0 Å². The van der Waals surface area contributed by atoms with Crippen LogP contribution in [0.25, 0.3) is 22.0 Å². The van der Waals surface area contributed by atoms with Crippen molar-refractivity contribution in [3.8, 4) is 11.1 Å². The molecule has 8 heteroatoms. The average molecular weight is 364 g/mol.